The second-order valence-electron chi connectivity index (χ2n) is 6.77. The van der Waals surface area contributed by atoms with Gasteiger partial charge in [0.25, 0.3) is 5.69 Å². The summed E-state index contributed by atoms with van der Waals surface area (Å²) >= 11 is 0. The average molecular weight is 367 g/mol. The molecule has 2 aromatic carbocycles. The molecule has 2 unspecified atom stereocenters. The van der Waals surface area contributed by atoms with Crippen LogP contribution in [-0.4, -0.2) is 23.8 Å². The van der Waals surface area contributed by atoms with Crippen LogP contribution in [0.15, 0.2) is 48.5 Å². The zero-order valence-electron chi connectivity index (χ0n) is 15.1. The molecule has 0 aliphatic heterocycles. The predicted molar refractivity (Wildman–Crippen MR) is 100 cm³/mol. The first-order valence-corrected chi connectivity index (χ1v) is 8.98. The summed E-state index contributed by atoms with van der Waals surface area (Å²) in [6.45, 7) is 0. The maximum atomic E-state index is 12.9. The first-order chi connectivity index (χ1) is 13.0. The maximum absolute atomic E-state index is 12.9. The quantitative estimate of drug-likeness (QED) is 0.338. The second kappa shape index (κ2) is 8.12. The van der Waals surface area contributed by atoms with Crippen LogP contribution in [0.3, 0.4) is 0 Å². The first-order valence-electron chi connectivity index (χ1n) is 8.98. The molecule has 1 aliphatic rings. The Balaban J connectivity index is 1.78. The molecule has 1 aliphatic carbocycles. The van der Waals surface area contributed by atoms with Crippen LogP contribution in [0.25, 0.3) is 11.1 Å². The standard InChI is InChI=1S/C21H21NO5/c1-27-21(24)19-5-3-2-4-18(19)20(23)16-8-6-14(7-9-16)15-10-12-17(13-11-15)22(25)26/h6-13,18-19H,2-5H2,1H3. The van der Waals surface area contributed by atoms with Crippen LogP contribution >= 0.6 is 0 Å². The molecule has 6 nitrogen and oxygen atoms in total. The Labute approximate surface area is 157 Å². The molecule has 2 atom stereocenters. The number of rotatable bonds is 5. The molecule has 6 heteroatoms. The van der Waals surface area contributed by atoms with Gasteiger partial charge in [0.2, 0.25) is 0 Å². The Morgan fingerprint density at radius 1 is 0.926 bits per heavy atom. The molecule has 0 radical (unpaired) electrons. The monoisotopic (exact) mass is 367 g/mol. The molecule has 2 aromatic rings. The van der Waals surface area contributed by atoms with Crippen molar-refractivity contribution in [1.29, 1.82) is 0 Å². The summed E-state index contributed by atoms with van der Waals surface area (Å²) in [5.41, 5.74) is 2.32. The van der Waals surface area contributed by atoms with E-state index in [9.17, 15) is 19.7 Å². The summed E-state index contributed by atoms with van der Waals surface area (Å²) in [6, 6.07) is 13.4. The highest BCUT2D eigenvalue weighted by Gasteiger charge is 2.36. The predicted octanol–water partition coefficient (Wildman–Crippen LogP) is 4.42. The van der Waals surface area contributed by atoms with Crippen molar-refractivity contribution in [3.05, 3.63) is 64.2 Å². The number of non-ortho nitro benzene ring substituents is 1. The number of ether oxygens (including phenoxy) is 1. The Bertz CT molecular complexity index is 842. The number of carbonyl (C=O) groups is 2. The van der Waals surface area contributed by atoms with E-state index in [0.29, 0.717) is 18.4 Å². The SMILES string of the molecule is COC(=O)C1CCCCC1C(=O)c1ccc(-c2ccc([N+](=O)[O-])cc2)cc1. The van der Waals surface area contributed by atoms with E-state index in [2.05, 4.69) is 0 Å². The smallest absolute Gasteiger partial charge is 0.309 e. The third-order valence-corrected chi connectivity index (χ3v) is 5.19. The minimum absolute atomic E-state index is 0.0275. The number of benzene rings is 2. The van der Waals surface area contributed by atoms with Gasteiger partial charge in [-0.3, -0.25) is 19.7 Å². The molecule has 0 heterocycles. The van der Waals surface area contributed by atoms with Gasteiger partial charge in [0, 0.05) is 23.6 Å². The van der Waals surface area contributed by atoms with Gasteiger partial charge < -0.3 is 4.74 Å². The highest BCUT2D eigenvalue weighted by Crippen LogP contribution is 2.34. The van der Waals surface area contributed by atoms with E-state index in [4.69, 9.17) is 4.74 Å². The largest absolute Gasteiger partial charge is 0.469 e. The van der Waals surface area contributed by atoms with Gasteiger partial charge in [-0.2, -0.15) is 0 Å². The van der Waals surface area contributed by atoms with Gasteiger partial charge in [0.1, 0.15) is 0 Å². The molecule has 0 saturated heterocycles. The van der Waals surface area contributed by atoms with Crippen molar-refractivity contribution in [3.8, 4) is 11.1 Å². The molecule has 0 spiro atoms. The maximum Gasteiger partial charge on any atom is 0.309 e. The lowest BCUT2D eigenvalue weighted by Gasteiger charge is -2.28. The normalized spacial score (nSPS) is 19.3. The van der Waals surface area contributed by atoms with E-state index >= 15 is 0 Å². The number of carbonyl (C=O) groups excluding carboxylic acids is 2. The van der Waals surface area contributed by atoms with Crippen LogP contribution in [0.5, 0.6) is 0 Å². The Morgan fingerprint density at radius 3 is 1.96 bits per heavy atom. The van der Waals surface area contributed by atoms with Gasteiger partial charge in [-0.15, -0.1) is 0 Å². The summed E-state index contributed by atoms with van der Waals surface area (Å²) in [5.74, 6) is -1.04. The van der Waals surface area contributed by atoms with Crippen LogP contribution in [-0.2, 0) is 9.53 Å². The van der Waals surface area contributed by atoms with Crippen LogP contribution in [0.4, 0.5) is 5.69 Å². The van der Waals surface area contributed by atoms with Gasteiger partial charge in [0.15, 0.2) is 5.78 Å². The molecule has 3 rings (SSSR count). The Kier molecular flexibility index (Phi) is 5.64. The summed E-state index contributed by atoms with van der Waals surface area (Å²) in [4.78, 5) is 35.2. The lowest BCUT2D eigenvalue weighted by molar-refractivity contribution is -0.384. The average Bonchev–Trinajstić information content (AvgIpc) is 2.73. The molecular weight excluding hydrogens is 346 g/mol. The van der Waals surface area contributed by atoms with Crippen molar-refractivity contribution >= 4 is 17.4 Å². The highest BCUT2D eigenvalue weighted by molar-refractivity contribution is 6.00. The fourth-order valence-electron chi connectivity index (χ4n) is 3.69. The number of Topliss-reactive ketones (excluding diaryl/α,β-unsaturated/α-hetero) is 1. The molecule has 140 valence electrons. The van der Waals surface area contributed by atoms with Crippen molar-refractivity contribution in [1.82, 2.24) is 0 Å². The lowest BCUT2D eigenvalue weighted by Crippen LogP contribution is -2.33. The molecule has 0 bridgehead atoms. The summed E-state index contributed by atoms with van der Waals surface area (Å²) < 4.78 is 4.87. The number of methoxy groups -OCH3 is 1. The first kappa shape index (κ1) is 18.8. The number of esters is 1. The Hall–Kier alpha value is -3.02. The zero-order valence-corrected chi connectivity index (χ0v) is 15.1. The summed E-state index contributed by atoms with van der Waals surface area (Å²) in [7, 11) is 1.36. The number of hydrogen-bond acceptors (Lipinski definition) is 5. The van der Waals surface area contributed by atoms with Crippen LogP contribution < -0.4 is 0 Å². The molecule has 1 fully saturated rings. The fraction of sp³-hybridized carbons (Fsp3) is 0.333. The van der Waals surface area contributed by atoms with Crippen molar-refractivity contribution in [2.45, 2.75) is 25.7 Å². The van der Waals surface area contributed by atoms with Crippen molar-refractivity contribution in [3.63, 3.8) is 0 Å². The Morgan fingerprint density at radius 2 is 1.44 bits per heavy atom. The van der Waals surface area contributed by atoms with Gasteiger partial charge in [0.05, 0.1) is 18.0 Å². The van der Waals surface area contributed by atoms with E-state index < -0.39 is 4.92 Å². The van der Waals surface area contributed by atoms with Gasteiger partial charge in [-0.1, -0.05) is 37.1 Å². The third-order valence-electron chi connectivity index (χ3n) is 5.19. The summed E-state index contributed by atoms with van der Waals surface area (Å²) in [5, 5.41) is 10.7. The minimum Gasteiger partial charge on any atom is -0.469 e. The number of ketones is 1. The molecular formula is C21H21NO5. The van der Waals surface area contributed by atoms with E-state index in [1.54, 1.807) is 24.3 Å². The molecule has 1 saturated carbocycles. The number of nitro benzene ring substituents is 1. The molecule has 0 aromatic heterocycles. The van der Waals surface area contributed by atoms with E-state index in [0.717, 1.165) is 24.0 Å². The van der Waals surface area contributed by atoms with Crippen molar-refractivity contribution in [2.24, 2.45) is 11.8 Å². The van der Waals surface area contributed by atoms with Crippen LogP contribution in [0.1, 0.15) is 36.0 Å². The van der Waals surface area contributed by atoms with Crippen LogP contribution in [0, 0.1) is 22.0 Å². The van der Waals surface area contributed by atoms with E-state index in [1.165, 1.54) is 19.2 Å². The number of nitrogens with zero attached hydrogens (tertiary/aromatic N) is 1. The van der Waals surface area contributed by atoms with Gasteiger partial charge in [-0.05, 0) is 36.1 Å². The zero-order chi connectivity index (χ0) is 19.4. The van der Waals surface area contributed by atoms with Gasteiger partial charge >= 0.3 is 5.97 Å². The number of hydrogen-bond donors (Lipinski definition) is 0. The molecule has 0 N–H and O–H groups in total. The van der Waals surface area contributed by atoms with Crippen LogP contribution in [0.2, 0.25) is 0 Å². The molecule has 0 amide bonds. The van der Waals surface area contributed by atoms with Crippen molar-refractivity contribution < 1.29 is 19.2 Å². The van der Waals surface area contributed by atoms with Gasteiger partial charge in [-0.25, -0.2) is 0 Å². The van der Waals surface area contributed by atoms with E-state index in [-0.39, 0.29) is 29.3 Å². The fourth-order valence-corrected chi connectivity index (χ4v) is 3.69. The second-order valence-corrected chi connectivity index (χ2v) is 6.77. The van der Waals surface area contributed by atoms with E-state index in [1.807, 2.05) is 12.1 Å². The summed E-state index contributed by atoms with van der Waals surface area (Å²) in [6.07, 6.45) is 3.25. The topological polar surface area (TPSA) is 86.5 Å². The highest BCUT2D eigenvalue weighted by atomic mass is 16.6. The molecule has 27 heavy (non-hydrogen) atoms. The van der Waals surface area contributed by atoms with Crippen molar-refractivity contribution in [2.75, 3.05) is 7.11 Å². The lowest BCUT2D eigenvalue weighted by atomic mass is 9.75. The minimum atomic E-state index is -0.437. The third kappa shape index (κ3) is 4.05. The number of nitro groups is 1.